The zero-order valence-corrected chi connectivity index (χ0v) is 13.5. The number of carbonyl (C=O) groups excluding carboxylic acids is 1. The molecule has 1 aliphatic rings. The summed E-state index contributed by atoms with van der Waals surface area (Å²) in [6, 6.07) is 11.7. The van der Waals surface area contributed by atoms with Gasteiger partial charge in [0, 0.05) is 19.2 Å². The lowest BCUT2D eigenvalue weighted by Gasteiger charge is -2.30. The predicted molar refractivity (Wildman–Crippen MR) is 88.8 cm³/mol. The molecule has 2 heterocycles. The number of aryl methyl sites for hydroxylation is 1. The fraction of sp³-hybridized carbons (Fsp3) is 0.412. The third kappa shape index (κ3) is 3.97. The van der Waals surface area contributed by atoms with Crippen molar-refractivity contribution >= 4 is 11.7 Å². The van der Waals surface area contributed by atoms with Crippen LogP contribution < -0.4 is 5.32 Å². The first kappa shape index (κ1) is 15.7. The number of ether oxygens (including phenoxy) is 1. The third-order valence-corrected chi connectivity index (χ3v) is 3.79. The van der Waals surface area contributed by atoms with Gasteiger partial charge in [0.15, 0.2) is 0 Å². The molecule has 0 bridgehead atoms. The fourth-order valence-electron chi connectivity index (χ4n) is 2.77. The molecule has 1 aromatic heterocycles. The lowest BCUT2D eigenvalue weighted by atomic mass is 10.3. The average molecular weight is 314 g/mol. The molecule has 1 aromatic carbocycles. The molecule has 0 spiro atoms. The molecular weight excluding hydrogens is 292 g/mol. The summed E-state index contributed by atoms with van der Waals surface area (Å²) in [6.07, 6.45) is 0.175. The largest absolute Gasteiger partial charge is 0.376 e. The Morgan fingerprint density at radius 1 is 1.39 bits per heavy atom. The van der Waals surface area contributed by atoms with E-state index >= 15 is 0 Å². The maximum atomic E-state index is 12.3. The molecule has 2 aromatic rings. The number of amides is 1. The van der Waals surface area contributed by atoms with Crippen molar-refractivity contribution in [2.45, 2.75) is 20.0 Å². The van der Waals surface area contributed by atoms with Crippen molar-refractivity contribution in [3.63, 3.8) is 0 Å². The minimum absolute atomic E-state index is 0.0313. The lowest BCUT2D eigenvalue weighted by Crippen LogP contribution is -2.44. The molecule has 6 nitrogen and oxygen atoms in total. The van der Waals surface area contributed by atoms with E-state index in [1.165, 1.54) is 0 Å². The highest BCUT2D eigenvalue weighted by atomic mass is 16.5. The number of aromatic nitrogens is 2. The minimum atomic E-state index is -0.0313. The third-order valence-electron chi connectivity index (χ3n) is 3.79. The Balaban J connectivity index is 1.69. The van der Waals surface area contributed by atoms with Gasteiger partial charge in [-0.05, 0) is 26.0 Å². The van der Waals surface area contributed by atoms with Gasteiger partial charge in [-0.25, -0.2) is 4.68 Å². The van der Waals surface area contributed by atoms with E-state index < -0.39 is 0 Å². The topological polar surface area (TPSA) is 59.4 Å². The van der Waals surface area contributed by atoms with Crippen molar-refractivity contribution in [1.82, 2.24) is 14.7 Å². The SMILES string of the molecule is Cc1cc(NC(=O)CN2CCOC(C)C2)n(-c2ccccc2)n1. The molecule has 0 radical (unpaired) electrons. The summed E-state index contributed by atoms with van der Waals surface area (Å²) in [5.41, 5.74) is 1.79. The summed E-state index contributed by atoms with van der Waals surface area (Å²) < 4.78 is 7.26. The van der Waals surface area contributed by atoms with Crippen LogP contribution in [0.25, 0.3) is 5.69 Å². The van der Waals surface area contributed by atoms with E-state index in [2.05, 4.69) is 15.3 Å². The zero-order chi connectivity index (χ0) is 16.2. The molecule has 23 heavy (non-hydrogen) atoms. The zero-order valence-electron chi connectivity index (χ0n) is 13.5. The molecule has 122 valence electrons. The van der Waals surface area contributed by atoms with Crippen LogP contribution in [0, 0.1) is 6.92 Å². The number of hydrogen-bond acceptors (Lipinski definition) is 4. The van der Waals surface area contributed by atoms with Crippen molar-refractivity contribution in [1.29, 1.82) is 0 Å². The van der Waals surface area contributed by atoms with Crippen LogP contribution in [0.4, 0.5) is 5.82 Å². The number of nitrogens with zero attached hydrogens (tertiary/aromatic N) is 3. The number of nitrogens with one attached hydrogen (secondary N) is 1. The molecule has 3 rings (SSSR count). The van der Waals surface area contributed by atoms with E-state index in [0.717, 1.165) is 24.5 Å². The van der Waals surface area contributed by atoms with Crippen LogP contribution in [-0.2, 0) is 9.53 Å². The van der Waals surface area contributed by atoms with Crippen LogP contribution in [0.3, 0.4) is 0 Å². The van der Waals surface area contributed by atoms with Crippen LogP contribution in [0.15, 0.2) is 36.4 Å². The van der Waals surface area contributed by atoms with Crippen molar-refractivity contribution in [3.8, 4) is 5.69 Å². The van der Waals surface area contributed by atoms with E-state index in [4.69, 9.17) is 4.74 Å². The standard InChI is InChI=1S/C17H22N4O2/c1-13-10-16(21(19-13)15-6-4-3-5-7-15)18-17(22)12-20-8-9-23-14(2)11-20/h3-7,10,14H,8-9,11-12H2,1-2H3,(H,18,22). The van der Waals surface area contributed by atoms with Crippen LogP contribution in [0.5, 0.6) is 0 Å². The highest BCUT2D eigenvalue weighted by molar-refractivity contribution is 5.91. The molecule has 1 saturated heterocycles. The van der Waals surface area contributed by atoms with Gasteiger partial charge >= 0.3 is 0 Å². The van der Waals surface area contributed by atoms with Gasteiger partial charge in [0.1, 0.15) is 5.82 Å². The summed E-state index contributed by atoms with van der Waals surface area (Å²) in [5.74, 6) is 0.663. The highest BCUT2D eigenvalue weighted by Gasteiger charge is 2.19. The molecule has 0 aliphatic carbocycles. The first-order chi connectivity index (χ1) is 11.1. The van der Waals surface area contributed by atoms with Crippen molar-refractivity contribution in [3.05, 3.63) is 42.1 Å². The van der Waals surface area contributed by atoms with Crippen molar-refractivity contribution in [2.24, 2.45) is 0 Å². The average Bonchev–Trinajstić information content (AvgIpc) is 2.88. The maximum absolute atomic E-state index is 12.3. The van der Waals surface area contributed by atoms with Crippen LogP contribution >= 0.6 is 0 Å². The molecule has 1 unspecified atom stereocenters. The van der Waals surface area contributed by atoms with Crippen LogP contribution in [-0.4, -0.2) is 52.9 Å². The van der Waals surface area contributed by atoms with E-state index in [-0.39, 0.29) is 12.0 Å². The summed E-state index contributed by atoms with van der Waals surface area (Å²) >= 11 is 0. The van der Waals surface area contributed by atoms with Crippen LogP contribution in [0.1, 0.15) is 12.6 Å². The second-order valence-electron chi connectivity index (χ2n) is 5.88. The summed E-state index contributed by atoms with van der Waals surface area (Å²) in [5, 5.41) is 7.43. The Kier molecular flexibility index (Phi) is 4.73. The smallest absolute Gasteiger partial charge is 0.239 e. The molecule has 1 N–H and O–H groups in total. The Hall–Kier alpha value is -2.18. The second kappa shape index (κ2) is 6.93. The Labute approximate surface area is 136 Å². The van der Waals surface area contributed by atoms with Gasteiger partial charge in [0.25, 0.3) is 0 Å². The molecule has 1 amide bonds. The fourth-order valence-corrected chi connectivity index (χ4v) is 2.77. The quantitative estimate of drug-likeness (QED) is 0.935. The number of benzene rings is 1. The Bertz CT molecular complexity index is 668. The van der Waals surface area contributed by atoms with Gasteiger partial charge in [0.2, 0.25) is 5.91 Å². The molecule has 0 saturated carbocycles. The van der Waals surface area contributed by atoms with E-state index in [0.29, 0.717) is 19.0 Å². The molecule has 1 aliphatic heterocycles. The minimum Gasteiger partial charge on any atom is -0.376 e. The lowest BCUT2D eigenvalue weighted by molar-refractivity contribution is -0.119. The highest BCUT2D eigenvalue weighted by Crippen LogP contribution is 2.17. The number of para-hydroxylation sites is 1. The van der Waals surface area contributed by atoms with Gasteiger partial charge in [-0.2, -0.15) is 5.10 Å². The number of carbonyl (C=O) groups is 1. The van der Waals surface area contributed by atoms with Gasteiger partial charge in [0.05, 0.1) is 30.6 Å². The number of hydrogen-bond donors (Lipinski definition) is 1. The maximum Gasteiger partial charge on any atom is 0.239 e. The number of rotatable bonds is 4. The van der Waals surface area contributed by atoms with Crippen LogP contribution in [0.2, 0.25) is 0 Å². The number of morpholine rings is 1. The predicted octanol–water partition coefficient (Wildman–Crippen LogP) is 1.84. The van der Waals surface area contributed by atoms with E-state index in [1.807, 2.05) is 50.2 Å². The normalized spacial score (nSPS) is 18.8. The number of anilines is 1. The molecule has 6 heteroatoms. The van der Waals surface area contributed by atoms with E-state index in [1.54, 1.807) is 4.68 Å². The van der Waals surface area contributed by atoms with Crippen molar-refractivity contribution in [2.75, 3.05) is 31.6 Å². The van der Waals surface area contributed by atoms with Gasteiger partial charge < -0.3 is 10.1 Å². The second-order valence-corrected chi connectivity index (χ2v) is 5.88. The van der Waals surface area contributed by atoms with Crippen molar-refractivity contribution < 1.29 is 9.53 Å². The van der Waals surface area contributed by atoms with Gasteiger partial charge in [-0.1, -0.05) is 18.2 Å². The van der Waals surface area contributed by atoms with Gasteiger partial charge in [-0.15, -0.1) is 0 Å². The first-order valence-electron chi connectivity index (χ1n) is 7.88. The molecular formula is C17H22N4O2. The monoisotopic (exact) mass is 314 g/mol. The first-order valence-corrected chi connectivity index (χ1v) is 7.88. The summed E-state index contributed by atoms with van der Waals surface area (Å²) in [7, 11) is 0. The summed E-state index contributed by atoms with van der Waals surface area (Å²) in [6.45, 7) is 6.55. The molecule has 1 fully saturated rings. The Morgan fingerprint density at radius 2 is 2.17 bits per heavy atom. The molecule has 1 atom stereocenters. The van der Waals surface area contributed by atoms with Gasteiger partial charge in [-0.3, -0.25) is 9.69 Å². The van der Waals surface area contributed by atoms with E-state index in [9.17, 15) is 4.79 Å². The summed E-state index contributed by atoms with van der Waals surface area (Å²) in [4.78, 5) is 14.5. The Morgan fingerprint density at radius 3 is 2.91 bits per heavy atom.